The highest BCUT2D eigenvalue weighted by molar-refractivity contribution is 7.89. The summed E-state index contributed by atoms with van der Waals surface area (Å²) < 4.78 is 27.1. The van der Waals surface area contributed by atoms with Crippen LogP contribution in [0.4, 0.5) is 5.69 Å². The van der Waals surface area contributed by atoms with Gasteiger partial charge in [0.05, 0.1) is 37.1 Å². The van der Waals surface area contributed by atoms with Gasteiger partial charge in [-0.2, -0.15) is 4.31 Å². The fourth-order valence-electron chi connectivity index (χ4n) is 4.06. The molecule has 0 bridgehead atoms. The Morgan fingerprint density at radius 3 is 2.32 bits per heavy atom. The van der Waals surface area contributed by atoms with Crippen LogP contribution in [0.1, 0.15) is 32.6 Å². The van der Waals surface area contributed by atoms with Gasteiger partial charge in [0.2, 0.25) is 10.0 Å². The van der Waals surface area contributed by atoms with E-state index in [9.17, 15) is 18.5 Å². The monoisotopic (exact) mass is 368 g/mol. The first-order valence-corrected chi connectivity index (χ1v) is 10.4. The molecule has 2 fully saturated rings. The fourth-order valence-corrected chi connectivity index (χ4v) is 5.65. The minimum Gasteiger partial charge on any atom is -0.330 e. The van der Waals surface area contributed by atoms with E-state index in [1.807, 2.05) is 0 Å². The summed E-state index contributed by atoms with van der Waals surface area (Å²) in [4.78, 5) is 11.8. The van der Waals surface area contributed by atoms with Crippen LogP contribution in [0.15, 0.2) is 29.2 Å². The number of nitro benzene ring substituents is 1. The molecule has 1 heterocycles. The number of rotatable bonds is 4. The first-order chi connectivity index (χ1) is 11.9. The summed E-state index contributed by atoms with van der Waals surface area (Å²) in [7, 11) is -3.82. The van der Waals surface area contributed by atoms with E-state index >= 15 is 0 Å². The summed E-state index contributed by atoms with van der Waals surface area (Å²) >= 11 is 0. The molecule has 1 aliphatic heterocycles. The average molecular weight is 368 g/mol. The topological polar surface area (TPSA) is 85.0 Å². The highest BCUT2D eigenvalue weighted by Gasteiger charge is 2.37. The summed E-state index contributed by atoms with van der Waals surface area (Å²) in [5.74, 6) is 0.802. The molecule has 1 saturated carbocycles. The number of quaternary nitrogens is 1. The molecule has 0 unspecified atom stereocenters. The maximum atomic E-state index is 12.9. The summed E-state index contributed by atoms with van der Waals surface area (Å²) in [5.41, 5.74) is -0.349. The number of sulfonamides is 1. The van der Waals surface area contributed by atoms with E-state index in [4.69, 9.17) is 0 Å². The first kappa shape index (κ1) is 18.3. The summed E-state index contributed by atoms with van der Waals surface area (Å²) in [6.45, 7) is 4.70. The van der Waals surface area contributed by atoms with E-state index in [2.05, 4.69) is 6.92 Å². The minimum atomic E-state index is -3.82. The van der Waals surface area contributed by atoms with Crippen molar-refractivity contribution >= 4 is 15.7 Å². The van der Waals surface area contributed by atoms with Crippen LogP contribution in [-0.2, 0) is 10.0 Å². The third-order valence-corrected chi connectivity index (χ3v) is 7.58. The molecule has 1 aromatic rings. The third kappa shape index (κ3) is 3.86. The number of benzene rings is 1. The standard InChI is InChI=1S/C17H25N3O4S/c1-14-6-8-15(9-7-14)18-10-12-19(13-11-18)25(23,24)17-5-3-2-4-16(17)20(21)22/h2-5,14-15H,6-13H2,1H3/p+1. The SMILES string of the molecule is CC1CCC([NH+]2CCN(S(=O)(=O)c3ccccc3[N+](=O)[O-])CC2)CC1. The van der Waals surface area contributed by atoms with Crippen LogP contribution >= 0.6 is 0 Å². The van der Waals surface area contributed by atoms with Crippen molar-refractivity contribution in [3.05, 3.63) is 34.4 Å². The molecule has 0 amide bonds. The summed E-state index contributed by atoms with van der Waals surface area (Å²) in [5, 5.41) is 11.2. The second-order valence-electron chi connectivity index (χ2n) is 7.24. The first-order valence-electron chi connectivity index (χ1n) is 8.97. The Hall–Kier alpha value is -1.51. The lowest BCUT2D eigenvalue weighted by atomic mass is 9.86. The average Bonchev–Trinajstić information content (AvgIpc) is 2.62. The third-order valence-electron chi connectivity index (χ3n) is 5.64. The molecule has 0 spiro atoms. The van der Waals surface area contributed by atoms with Gasteiger partial charge in [-0.05, 0) is 37.7 Å². The van der Waals surface area contributed by atoms with Crippen LogP contribution in [0.5, 0.6) is 0 Å². The lowest BCUT2D eigenvalue weighted by molar-refractivity contribution is -0.930. The van der Waals surface area contributed by atoms with Crippen molar-refractivity contribution in [3.63, 3.8) is 0 Å². The molecule has 1 aromatic carbocycles. The normalized spacial score (nSPS) is 26.4. The summed E-state index contributed by atoms with van der Waals surface area (Å²) in [6.07, 6.45) is 4.94. The molecule has 25 heavy (non-hydrogen) atoms. The predicted molar refractivity (Wildman–Crippen MR) is 94.0 cm³/mol. The number of nitro groups is 1. The number of hydrogen-bond donors (Lipinski definition) is 1. The Labute approximate surface area is 148 Å². The Balaban J connectivity index is 1.69. The highest BCUT2D eigenvalue weighted by Crippen LogP contribution is 2.26. The van der Waals surface area contributed by atoms with E-state index < -0.39 is 14.9 Å². The lowest BCUT2D eigenvalue weighted by Gasteiger charge is -2.38. The predicted octanol–water partition coefficient (Wildman–Crippen LogP) is 1.06. The fraction of sp³-hybridized carbons (Fsp3) is 0.647. The van der Waals surface area contributed by atoms with Gasteiger partial charge in [-0.15, -0.1) is 0 Å². The molecule has 1 N–H and O–H groups in total. The van der Waals surface area contributed by atoms with Crippen molar-refractivity contribution in [3.8, 4) is 0 Å². The van der Waals surface area contributed by atoms with Crippen molar-refractivity contribution < 1.29 is 18.2 Å². The Bertz CT molecular complexity index is 721. The Morgan fingerprint density at radius 2 is 1.72 bits per heavy atom. The van der Waals surface area contributed by atoms with Crippen LogP contribution in [0.25, 0.3) is 0 Å². The molecule has 2 aliphatic rings. The Morgan fingerprint density at radius 1 is 1.12 bits per heavy atom. The molecule has 0 radical (unpaired) electrons. The zero-order chi connectivity index (χ0) is 18.0. The van der Waals surface area contributed by atoms with Gasteiger partial charge in [0, 0.05) is 6.07 Å². The zero-order valence-corrected chi connectivity index (χ0v) is 15.4. The van der Waals surface area contributed by atoms with E-state index in [1.54, 1.807) is 0 Å². The van der Waals surface area contributed by atoms with Gasteiger partial charge in [0.1, 0.15) is 0 Å². The minimum absolute atomic E-state index is 0.199. The molecule has 7 nitrogen and oxygen atoms in total. The number of para-hydroxylation sites is 1. The smallest absolute Gasteiger partial charge is 0.289 e. The van der Waals surface area contributed by atoms with Crippen LogP contribution < -0.4 is 4.90 Å². The Kier molecular flexibility index (Phi) is 5.41. The van der Waals surface area contributed by atoms with Crippen molar-refractivity contribution in [2.75, 3.05) is 26.2 Å². The van der Waals surface area contributed by atoms with Gasteiger partial charge >= 0.3 is 0 Å². The van der Waals surface area contributed by atoms with Crippen LogP contribution in [-0.4, -0.2) is 49.9 Å². The van der Waals surface area contributed by atoms with Crippen molar-refractivity contribution in [2.24, 2.45) is 5.92 Å². The van der Waals surface area contributed by atoms with E-state index in [-0.39, 0.29) is 10.6 Å². The molecule has 8 heteroatoms. The van der Waals surface area contributed by atoms with Gasteiger partial charge in [-0.25, -0.2) is 8.42 Å². The van der Waals surface area contributed by atoms with Crippen molar-refractivity contribution in [2.45, 2.75) is 43.5 Å². The van der Waals surface area contributed by atoms with E-state index in [1.165, 1.54) is 59.2 Å². The molecular weight excluding hydrogens is 342 g/mol. The van der Waals surface area contributed by atoms with Gasteiger partial charge in [-0.3, -0.25) is 10.1 Å². The van der Waals surface area contributed by atoms with Crippen LogP contribution in [0.2, 0.25) is 0 Å². The highest BCUT2D eigenvalue weighted by atomic mass is 32.2. The van der Waals surface area contributed by atoms with Gasteiger partial charge < -0.3 is 4.90 Å². The second-order valence-corrected chi connectivity index (χ2v) is 9.15. The summed E-state index contributed by atoms with van der Waals surface area (Å²) in [6, 6.07) is 6.23. The zero-order valence-electron chi connectivity index (χ0n) is 14.6. The molecule has 0 aromatic heterocycles. The van der Waals surface area contributed by atoms with Crippen molar-refractivity contribution in [1.29, 1.82) is 0 Å². The molecule has 1 saturated heterocycles. The quantitative estimate of drug-likeness (QED) is 0.636. The second kappa shape index (κ2) is 7.39. The van der Waals surface area contributed by atoms with Gasteiger partial charge in [0.25, 0.3) is 5.69 Å². The lowest BCUT2D eigenvalue weighted by Crippen LogP contribution is -3.18. The van der Waals surface area contributed by atoms with Crippen LogP contribution in [0.3, 0.4) is 0 Å². The number of nitrogens with one attached hydrogen (secondary N) is 1. The van der Waals surface area contributed by atoms with Crippen LogP contribution in [0, 0.1) is 16.0 Å². The van der Waals surface area contributed by atoms with Crippen molar-refractivity contribution in [1.82, 2.24) is 4.31 Å². The molecule has 1 aliphatic carbocycles. The van der Waals surface area contributed by atoms with E-state index in [0.717, 1.165) is 19.0 Å². The van der Waals surface area contributed by atoms with Gasteiger partial charge in [-0.1, -0.05) is 19.1 Å². The largest absolute Gasteiger partial charge is 0.330 e. The maximum Gasteiger partial charge on any atom is 0.289 e. The number of hydrogen-bond acceptors (Lipinski definition) is 4. The molecule has 0 atom stereocenters. The molecule has 3 rings (SSSR count). The maximum absolute atomic E-state index is 12.9. The molecule has 138 valence electrons. The van der Waals surface area contributed by atoms with E-state index in [0.29, 0.717) is 19.1 Å². The number of piperazine rings is 1. The number of nitrogens with zero attached hydrogens (tertiary/aromatic N) is 2. The molecular formula is C17H26N3O4S+. The van der Waals surface area contributed by atoms with Gasteiger partial charge in [0.15, 0.2) is 4.90 Å².